The van der Waals surface area contributed by atoms with E-state index in [4.69, 9.17) is 4.98 Å². The van der Waals surface area contributed by atoms with Crippen molar-refractivity contribution in [2.75, 3.05) is 19.6 Å². The number of fused-ring (bicyclic) bond motifs is 1. The highest BCUT2D eigenvalue weighted by Gasteiger charge is 2.24. The third-order valence-electron chi connectivity index (χ3n) is 5.12. The normalized spacial score (nSPS) is 17.8. The van der Waals surface area contributed by atoms with Crippen molar-refractivity contribution < 1.29 is 0 Å². The Kier molecular flexibility index (Phi) is 6.32. The van der Waals surface area contributed by atoms with Crippen LogP contribution < -0.4 is 10.9 Å². The fourth-order valence-corrected chi connectivity index (χ4v) is 4.52. The molecule has 0 bridgehead atoms. The first-order valence-corrected chi connectivity index (χ1v) is 10.0. The van der Waals surface area contributed by atoms with Gasteiger partial charge in [-0.2, -0.15) is 0 Å². The SMILES string of the molecule is CCc1ccc(C2CNCCN2Cc2cc(=O)n3c(C)csc3n2)cc1.Cl. The number of nitrogens with one attached hydrogen (secondary N) is 1. The molecule has 27 heavy (non-hydrogen) atoms. The van der Waals surface area contributed by atoms with Gasteiger partial charge in [-0.15, -0.1) is 23.7 Å². The Morgan fingerprint density at radius 3 is 2.81 bits per heavy atom. The summed E-state index contributed by atoms with van der Waals surface area (Å²) < 4.78 is 1.69. The monoisotopic (exact) mass is 404 g/mol. The van der Waals surface area contributed by atoms with Crippen molar-refractivity contribution in [3.05, 3.63) is 68.6 Å². The highest BCUT2D eigenvalue weighted by Crippen LogP contribution is 2.24. The topological polar surface area (TPSA) is 49.6 Å². The zero-order valence-electron chi connectivity index (χ0n) is 15.6. The van der Waals surface area contributed by atoms with Crippen LogP contribution in [0.5, 0.6) is 0 Å². The Morgan fingerprint density at radius 1 is 1.30 bits per heavy atom. The lowest BCUT2D eigenvalue weighted by Gasteiger charge is -2.36. The van der Waals surface area contributed by atoms with E-state index in [2.05, 4.69) is 41.4 Å². The molecule has 144 valence electrons. The molecular weight excluding hydrogens is 380 g/mol. The van der Waals surface area contributed by atoms with Crippen LogP contribution in [0.1, 0.15) is 35.5 Å². The summed E-state index contributed by atoms with van der Waals surface area (Å²) in [5.41, 5.74) is 4.50. The predicted octanol–water partition coefficient (Wildman–Crippen LogP) is 3.20. The molecule has 0 amide bonds. The van der Waals surface area contributed by atoms with Crippen molar-refractivity contribution in [1.29, 1.82) is 0 Å². The van der Waals surface area contributed by atoms with Crippen LogP contribution in [0.4, 0.5) is 0 Å². The fourth-order valence-electron chi connectivity index (χ4n) is 3.63. The lowest BCUT2D eigenvalue weighted by Crippen LogP contribution is -2.45. The summed E-state index contributed by atoms with van der Waals surface area (Å²) in [4.78, 5) is 20.4. The minimum absolute atomic E-state index is 0. The number of rotatable bonds is 4. The zero-order chi connectivity index (χ0) is 18.1. The van der Waals surface area contributed by atoms with Crippen LogP contribution in [-0.2, 0) is 13.0 Å². The molecule has 0 aliphatic carbocycles. The Balaban J connectivity index is 0.00000210. The Hall–Kier alpha value is -1.73. The molecule has 3 aromatic rings. The molecule has 1 aliphatic heterocycles. The molecule has 1 saturated heterocycles. The maximum absolute atomic E-state index is 12.4. The van der Waals surface area contributed by atoms with E-state index in [0.29, 0.717) is 12.6 Å². The summed E-state index contributed by atoms with van der Waals surface area (Å²) in [5.74, 6) is 0. The van der Waals surface area contributed by atoms with Gasteiger partial charge in [0.25, 0.3) is 5.56 Å². The van der Waals surface area contributed by atoms with Gasteiger partial charge in [0.05, 0.1) is 5.69 Å². The van der Waals surface area contributed by atoms with E-state index in [0.717, 1.165) is 42.4 Å². The van der Waals surface area contributed by atoms with Gasteiger partial charge in [0.2, 0.25) is 0 Å². The molecule has 1 unspecified atom stereocenters. The van der Waals surface area contributed by atoms with Crippen molar-refractivity contribution in [2.24, 2.45) is 0 Å². The third kappa shape index (κ3) is 4.09. The van der Waals surface area contributed by atoms with Crippen LogP contribution in [0.15, 0.2) is 40.5 Å². The van der Waals surface area contributed by atoms with Gasteiger partial charge in [0.15, 0.2) is 4.96 Å². The first kappa shape index (κ1) is 20.0. The fraction of sp³-hybridized carbons (Fsp3) is 0.400. The molecule has 5 nitrogen and oxygen atoms in total. The van der Waals surface area contributed by atoms with E-state index in [1.807, 2.05) is 12.3 Å². The van der Waals surface area contributed by atoms with Crippen LogP contribution in [0, 0.1) is 6.92 Å². The average Bonchev–Trinajstić information content (AvgIpc) is 3.04. The number of hydrogen-bond donors (Lipinski definition) is 1. The number of benzene rings is 1. The van der Waals surface area contributed by atoms with E-state index in [9.17, 15) is 4.79 Å². The van der Waals surface area contributed by atoms with Crippen molar-refractivity contribution in [2.45, 2.75) is 32.9 Å². The van der Waals surface area contributed by atoms with Crippen LogP contribution in [0.2, 0.25) is 0 Å². The molecule has 1 N–H and O–H groups in total. The summed E-state index contributed by atoms with van der Waals surface area (Å²) in [6.45, 7) is 7.65. The number of nitrogens with zero attached hydrogens (tertiary/aromatic N) is 3. The van der Waals surface area contributed by atoms with E-state index in [1.165, 1.54) is 22.5 Å². The van der Waals surface area contributed by atoms with E-state index >= 15 is 0 Å². The summed E-state index contributed by atoms with van der Waals surface area (Å²) >= 11 is 1.53. The molecule has 7 heteroatoms. The first-order valence-electron chi connectivity index (χ1n) is 9.16. The van der Waals surface area contributed by atoms with Crippen molar-refractivity contribution in [3.8, 4) is 0 Å². The Bertz CT molecular complexity index is 966. The van der Waals surface area contributed by atoms with Gasteiger partial charge in [-0.3, -0.25) is 14.1 Å². The lowest BCUT2D eigenvalue weighted by atomic mass is 10.0. The minimum Gasteiger partial charge on any atom is -0.314 e. The third-order valence-corrected chi connectivity index (χ3v) is 6.06. The highest BCUT2D eigenvalue weighted by molar-refractivity contribution is 7.15. The van der Waals surface area contributed by atoms with Gasteiger partial charge in [-0.05, 0) is 24.5 Å². The number of halogens is 1. The van der Waals surface area contributed by atoms with Gasteiger partial charge < -0.3 is 5.32 Å². The first-order chi connectivity index (χ1) is 12.7. The number of thiazole rings is 1. The molecule has 0 spiro atoms. The molecule has 4 rings (SSSR count). The van der Waals surface area contributed by atoms with Gasteiger partial charge in [-0.1, -0.05) is 31.2 Å². The summed E-state index contributed by atoms with van der Waals surface area (Å²) in [7, 11) is 0. The molecule has 2 aromatic heterocycles. The van der Waals surface area contributed by atoms with Crippen molar-refractivity contribution >= 4 is 28.7 Å². The summed E-state index contributed by atoms with van der Waals surface area (Å²) in [6.07, 6.45) is 1.06. The number of hydrogen-bond acceptors (Lipinski definition) is 5. The smallest absolute Gasteiger partial charge is 0.259 e. The van der Waals surface area contributed by atoms with Crippen molar-refractivity contribution in [3.63, 3.8) is 0 Å². The van der Waals surface area contributed by atoms with Gasteiger partial charge >= 0.3 is 0 Å². The maximum Gasteiger partial charge on any atom is 0.259 e. The maximum atomic E-state index is 12.4. The van der Waals surface area contributed by atoms with E-state index in [1.54, 1.807) is 10.5 Å². The number of piperazine rings is 1. The van der Waals surface area contributed by atoms with Crippen LogP contribution in [-0.4, -0.2) is 33.9 Å². The standard InChI is InChI=1S/C20H24N4OS.ClH/c1-3-15-4-6-16(7-5-15)18-11-21-8-9-23(18)12-17-10-19(25)24-14(2)13-26-20(24)22-17;/h4-7,10,13,18,21H,3,8-9,11-12H2,1-2H3;1H. The second-order valence-electron chi connectivity index (χ2n) is 6.87. The minimum atomic E-state index is 0. The zero-order valence-corrected chi connectivity index (χ0v) is 17.3. The number of aryl methyl sites for hydroxylation is 2. The Morgan fingerprint density at radius 2 is 2.07 bits per heavy atom. The largest absolute Gasteiger partial charge is 0.314 e. The van der Waals surface area contributed by atoms with Crippen LogP contribution in [0.25, 0.3) is 4.96 Å². The molecular formula is C20H25ClN4OS. The molecule has 3 heterocycles. The van der Waals surface area contributed by atoms with Crippen LogP contribution >= 0.6 is 23.7 Å². The van der Waals surface area contributed by atoms with E-state index in [-0.39, 0.29) is 18.0 Å². The molecule has 1 aromatic carbocycles. The van der Waals surface area contributed by atoms with Gasteiger partial charge in [0.1, 0.15) is 0 Å². The highest BCUT2D eigenvalue weighted by atomic mass is 35.5. The molecule has 0 radical (unpaired) electrons. The van der Waals surface area contributed by atoms with Crippen LogP contribution in [0.3, 0.4) is 0 Å². The second-order valence-corrected chi connectivity index (χ2v) is 7.70. The van der Waals surface area contributed by atoms with E-state index < -0.39 is 0 Å². The van der Waals surface area contributed by atoms with Gasteiger partial charge in [0, 0.05) is 49.4 Å². The molecule has 1 fully saturated rings. The van der Waals surface area contributed by atoms with Crippen molar-refractivity contribution in [1.82, 2.24) is 19.6 Å². The summed E-state index contributed by atoms with van der Waals surface area (Å²) in [6, 6.07) is 10.9. The molecule has 1 atom stereocenters. The molecule has 0 saturated carbocycles. The second kappa shape index (κ2) is 8.52. The predicted molar refractivity (Wildman–Crippen MR) is 113 cm³/mol. The summed E-state index contributed by atoms with van der Waals surface area (Å²) in [5, 5.41) is 5.48. The quantitative estimate of drug-likeness (QED) is 0.725. The molecule has 1 aliphatic rings. The number of aromatic nitrogens is 2. The van der Waals surface area contributed by atoms with Gasteiger partial charge in [-0.25, -0.2) is 4.98 Å². The Labute approximate surface area is 169 Å². The lowest BCUT2D eigenvalue weighted by molar-refractivity contribution is 0.152. The average molecular weight is 405 g/mol.